The fourth-order valence-electron chi connectivity index (χ4n) is 1.33. The Hall–Kier alpha value is 0.310. The first-order valence-corrected chi connectivity index (χ1v) is 4.77. The minimum atomic E-state index is 0.248. The maximum Gasteiger partial charge on any atom is 0.0302 e. The van der Waals surface area contributed by atoms with Crippen LogP contribution in [0.2, 0.25) is 0 Å². The van der Waals surface area contributed by atoms with E-state index in [4.69, 9.17) is 0 Å². The molecule has 0 heterocycles. The lowest BCUT2D eigenvalue weighted by Crippen LogP contribution is -2.42. The van der Waals surface area contributed by atoms with Crippen molar-refractivity contribution in [2.75, 3.05) is 7.05 Å². The van der Waals surface area contributed by atoms with Crippen molar-refractivity contribution in [3.05, 3.63) is 0 Å². The van der Waals surface area contributed by atoms with Crippen molar-refractivity contribution in [1.29, 1.82) is 0 Å². The second-order valence-electron chi connectivity index (χ2n) is 3.79. The third-order valence-corrected chi connectivity index (χ3v) is 3.20. The first kappa shape index (κ1) is 11.3. The summed E-state index contributed by atoms with van der Waals surface area (Å²) in [6.45, 7) is 9.00. The van der Waals surface area contributed by atoms with Gasteiger partial charge in [0.1, 0.15) is 0 Å². The van der Waals surface area contributed by atoms with Crippen LogP contribution in [0.4, 0.5) is 0 Å². The van der Waals surface area contributed by atoms with Crippen LogP contribution < -0.4 is 0 Å². The summed E-state index contributed by atoms with van der Waals surface area (Å²) < 4.78 is 2.04. The van der Waals surface area contributed by atoms with Gasteiger partial charge in [-0.05, 0) is 26.3 Å². The summed E-state index contributed by atoms with van der Waals surface area (Å²) in [4.78, 5) is 0. The van der Waals surface area contributed by atoms with Crippen LogP contribution in [0.3, 0.4) is 0 Å². The predicted molar refractivity (Wildman–Crippen MR) is 54.9 cm³/mol. The molecule has 0 spiro atoms. The van der Waals surface area contributed by atoms with Crippen LogP contribution in [-0.2, 0) is 0 Å². The van der Waals surface area contributed by atoms with E-state index in [9.17, 15) is 0 Å². The van der Waals surface area contributed by atoms with E-state index in [0.717, 1.165) is 0 Å². The Kier molecular flexibility index (Phi) is 4.49. The molecule has 2 heteroatoms. The highest BCUT2D eigenvalue weighted by atomic mass is 32.1. The van der Waals surface area contributed by atoms with E-state index >= 15 is 0 Å². The normalized spacial score (nSPS) is 17.5. The molecule has 0 rings (SSSR count). The highest BCUT2D eigenvalue weighted by Gasteiger charge is 2.29. The molecular formula is C9H21NS. The number of rotatable bonds is 4. The van der Waals surface area contributed by atoms with E-state index < -0.39 is 0 Å². The van der Waals surface area contributed by atoms with Gasteiger partial charge in [-0.3, -0.25) is 4.31 Å². The van der Waals surface area contributed by atoms with E-state index in [-0.39, 0.29) is 5.54 Å². The van der Waals surface area contributed by atoms with Crippen molar-refractivity contribution in [3.63, 3.8) is 0 Å². The van der Waals surface area contributed by atoms with Gasteiger partial charge in [-0.1, -0.05) is 40.0 Å². The van der Waals surface area contributed by atoms with Gasteiger partial charge in [-0.15, -0.1) is 0 Å². The van der Waals surface area contributed by atoms with Crippen LogP contribution in [-0.4, -0.2) is 16.9 Å². The molecule has 0 amide bonds. The molecule has 68 valence electrons. The first-order chi connectivity index (χ1) is 4.95. The third kappa shape index (κ3) is 2.68. The van der Waals surface area contributed by atoms with Gasteiger partial charge in [0.2, 0.25) is 0 Å². The summed E-state index contributed by atoms with van der Waals surface area (Å²) in [7, 11) is 2.04. The average molecular weight is 175 g/mol. The van der Waals surface area contributed by atoms with E-state index in [1.807, 2.05) is 11.4 Å². The fourth-order valence-corrected chi connectivity index (χ4v) is 1.66. The summed E-state index contributed by atoms with van der Waals surface area (Å²) in [5.41, 5.74) is 0.248. The minimum Gasteiger partial charge on any atom is -0.250 e. The van der Waals surface area contributed by atoms with Crippen LogP contribution in [0.1, 0.15) is 40.5 Å². The summed E-state index contributed by atoms with van der Waals surface area (Å²) in [5, 5.41) is 0. The molecule has 0 aliphatic carbocycles. The lowest BCUT2D eigenvalue weighted by atomic mass is 9.84. The Balaban J connectivity index is 4.26. The second kappa shape index (κ2) is 4.36. The largest absolute Gasteiger partial charge is 0.250 e. The SMILES string of the molecule is CCCC(C)(C(C)C)N(C)S. The molecule has 0 aliphatic rings. The molecular weight excluding hydrogens is 154 g/mol. The van der Waals surface area contributed by atoms with E-state index in [0.29, 0.717) is 5.92 Å². The lowest BCUT2D eigenvalue weighted by Gasteiger charge is -2.39. The summed E-state index contributed by atoms with van der Waals surface area (Å²) in [6.07, 6.45) is 2.43. The summed E-state index contributed by atoms with van der Waals surface area (Å²) in [5.74, 6) is 0.657. The standard InChI is InChI=1S/C9H21NS/c1-6-7-9(4,8(2)3)10(5)11/h8,11H,6-7H2,1-5H3. The van der Waals surface area contributed by atoms with Gasteiger partial charge in [0.05, 0.1) is 0 Å². The predicted octanol–water partition coefficient (Wildman–Crippen LogP) is 2.98. The monoisotopic (exact) mass is 175 g/mol. The molecule has 1 unspecified atom stereocenters. The first-order valence-electron chi connectivity index (χ1n) is 4.37. The van der Waals surface area contributed by atoms with Gasteiger partial charge in [-0.2, -0.15) is 0 Å². The highest BCUT2D eigenvalue weighted by Crippen LogP contribution is 2.29. The molecule has 0 aromatic heterocycles. The topological polar surface area (TPSA) is 3.24 Å². The zero-order chi connectivity index (χ0) is 9.07. The van der Waals surface area contributed by atoms with Crippen LogP contribution >= 0.6 is 12.8 Å². The van der Waals surface area contributed by atoms with Gasteiger partial charge in [0.15, 0.2) is 0 Å². The average Bonchev–Trinajstić information content (AvgIpc) is 1.87. The van der Waals surface area contributed by atoms with Crippen LogP contribution in [0.15, 0.2) is 0 Å². The van der Waals surface area contributed by atoms with Gasteiger partial charge < -0.3 is 0 Å². The maximum atomic E-state index is 4.39. The summed E-state index contributed by atoms with van der Waals surface area (Å²) >= 11 is 4.39. The number of hydrogen-bond donors (Lipinski definition) is 1. The highest BCUT2D eigenvalue weighted by molar-refractivity contribution is 7.77. The quantitative estimate of drug-likeness (QED) is 0.643. The van der Waals surface area contributed by atoms with Crippen molar-refractivity contribution in [1.82, 2.24) is 4.31 Å². The van der Waals surface area contributed by atoms with E-state index in [2.05, 4.69) is 40.5 Å². The molecule has 0 N–H and O–H groups in total. The number of hydrogen-bond acceptors (Lipinski definition) is 2. The number of thiol groups is 1. The van der Waals surface area contributed by atoms with Crippen molar-refractivity contribution in [3.8, 4) is 0 Å². The molecule has 0 saturated carbocycles. The summed E-state index contributed by atoms with van der Waals surface area (Å²) in [6, 6.07) is 0. The molecule has 11 heavy (non-hydrogen) atoms. The molecule has 0 aliphatic heterocycles. The number of nitrogens with zero attached hydrogens (tertiary/aromatic N) is 1. The smallest absolute Gasteiger partial charge is 0.0302 e. The van der Waals surface area contributed by atoms with Crippen molar-refractivity contribution < 1.29 is 0 Å². The zero-order valence-electron chi connectivity index (χ0n) is 8.39. The Morgan fingerprint density at radius 3 is 2.00 bits per heavy atom. The fraction of sp³-hybridized carbons (Fsp3) is 1.00. The van der Waals surface area contributed by atoms with E-state index in [1.54, 1.807) is 0 Å². The third-order valence-electron chi connectivity index (χ3n) is 2.74. The van der Waals surface area contributed by atoms with Gasteiger partial charge in [0, 0.05) is 5.54 Å². The van der Waals surface area contributed by atoms with Crippen molar-refractivity contribution in [2.24, 2.45) is 5.92 Å². The van der Waals surface area contributed by atoms with Gasteiger partial charge >= 0.3 is 0 Å². The van der Waals surface area contributed by atoms with Gasteiger partial charge in [-0.25, -0.2) is 0 Å². The lowest BCUT2D eigenvalue weighted by molar-refractivity contribution is 0.170. The van der Waals surface area contributed by atoms with Crippen LogP contribution in [0.5, 0.6) is 0 Å². The Bertz CT molecular complexity index is 102. The molecule has 0 bridgehead atoms. The second-order valence-corrected chi connectivity index (χ2v) is 4.39. The molecule has 1 atom stereocenters. The van der Waals surface area contributed by atoms with Crippen LogP contribution in [0, 0.1) is 5.92 Å². The van der Waals surface area contributed by atoms with E-state index in [1.165, 1.54) is 12.8 Å². The molecule has 1 nitrogen and oxygen atoms in total. The Morgan fingerprint density at radius 1 is 1.45 bits per heavy atom. The van der Waals surface area contributed by atoms with Crippen molar-refractivity contribution >= 4 is 12.8 Å². The van der Waals surface area contributed by atoms with Crippen LogP contribution in [0.25, 0.3) is 0 Å². The zero-order valence-corrected chi connectivity index (χ0v) is 9.28. The molecule has 0 radical (unpaired) electrons. The molecule has 0 aromatic carbocycles. The minimum absolute atomic E-state index is 0.248. The Morgan fingerprint density at radius 2 is 1.91 bits per heavy atom. The Labute approximate surface area is 76.7 Å². The maximum absolute atomic E-state index is 4.39. The molecule has 0 saturated heterocycles. The molecule has 0 fully saturated rings. The molecule has 0 aromatic rings. The van der Waals surface area contributed by atoms with Crippen molar-refractivity contribution in [2.45, 2.75) is 46.1 Å². The van der Waals surface area contributed by atoms with Gasteiger partial charge in [0.25, 0.3) is 0 Å².